The fraction of sp³-hybridized carbons (Fsp3) is 0.125. The van der Waals surface area contributed by atoms with Crippen LogP contribution in [0.15, 0.2) is 64.4 Å². The molecule has 1 aromatic heterocycles. The van der Waals surface area contributed by atoms with Crippen molar-refractivity contribution in [1.29, 1.82) is 0 Å². The first-order chi connectivity index (χ1) is 12.4. The minimum Gasteiger partial charge on any atom is -0.382 e. The normalized spacial score (nSPS) is 28.8. The van der Waals surface area contributed by atoms with Gasteiger partial charge in [0.25, 0.3) is 0 Å². The second-order valence-electron chi connectivity index (χ2n) is 5.88. The van der Waals surface area contributed by atoms with E-state index in [2.05, 4.69) is 9.98 Å². The van der Waals surface area contributed by atoms with E-state index in [-0.39, 0.29) is 15.6 Å². The lowest BCUT2D eigenvalue weighted by molar-refractivity contribution is 0.172. The maximum Gasteiger partial charge on any atom is 0.438 e. The van der Waals surface area contributed by atoms with Crippen LogP contribution in [0.2, 0.25) is 0 Å². The van der Waals surface area contributed by atoms with Crippen molar-refractivity contribution in [3.05, 3.63) is 76.1 Å². The van der Waals surface area contributed by atoms with Gasteiger partial charge in [0.1, 0.15) is 17.1 Å². The van der Waals surface area contributed by atoms with Crippen molar-refractivity contribution in [3.63, 3.8) is 0 Å². The summed E-state index contributed by atoms with van der Waals surface area (Å²) >= 11 is 0. The van der Waals surface area contributed by atoms with Crippen molar-refractivity contribution in [1.82, 2.24) is 4.98 Å². The Morgan fingerprint density at radius 1 is 0.923 bits per heavy atom. The van der Waals surface area contributed by atoms with Gasteiger partial charge in [0.15, 0.2) is 5.04 Å². The van der Waals surface area contributed by atoms with Crippen LogP contribution in [0.4, 0.5) is 0 Å². The number of aliphatic hydroxyl groups is 2. The van der Waals surface area contributed by atoms with Gasteiger partial charge in [0.2, 0.25) is 0 Å². The van der Waals surface area contributed by atoms with Gasteiger partial charge in [-0.2, -0.15) is 8.42 Å². The zero-order chi connectivity index (χ0) is 18.1. The topological polar surface area (TPSA) is 118 Å². The van der Waals surface area contributed by atoms with E-state index in [0.717, 1.165) is 0 Å². The van der Waals surface area contributed by atoms with Gasteiger partial charge in [0.05, 0.1) is 5.70 Å². The maximum absolute atomic E-state index is 11.7. The van der Waals surface area contributed by atoms with Crippen molar-refractivity contribution in [2.45, 2.75) is 12.2 Å². The Morgan fingerprint density at radius 2 is 1.54 bits per heavy atom. The average molecular weight is 392 g/mol. The smallest absolute Gasteiger partial charge is 0.382 e. The molecule has 10 heteroatoms. The van der Waals surface area contributed by atoms with Gasteiger partial charge in [-0.1, -0.05) is 34.9 Å². The fourth-order valence-electron chi connectivity index (χ4n) is 3.34. The van der Waals surface area contributed by atoms with Gasteiger partial charge in [-0.05, 0) is 23.3 Å². The standard InChI is InChI=1S/C16H12N2O6S2/c19-13-10-3-1-2-4-11(10)14(20)15-12(13)18-16(9-5-7-17-8-6-9)25(15)23-26(21,22)24-25/h1-8,13-14,19-20H. The highest BCUT2D eigenvalue weighted by atomic mass is 32.4. The molecule has 26 heavy (non-hydrogen) atoms. The van der Waals surface area contributed by atoms with E-state index in [4.69, 9.17) is 7.26 Å². The molecule has 8 nitrogen and oxygen atoms in total. The Hall–Kier alpha value is -2.08. The largest absolute Gasteiger partial charge is 0.438 e. The quantitative estimate of drug-likeness (QED) is 0.759. The lowest BCUT2D eigenvalue weighted by Crippen LogP contribution is -2.35. The highest BCUT2D eigenvalue weighted by Gasteiger charge is 2.59. The molecule has 2 unspecified atom stereocenters. The molecular formula is C16H12N2O6S2. The van der Waals surface area contributed by atoms with Crippen LogP contribution in [0.1, 0.15) is 28.9 Å². The fourth-order valence-corrected chi connectivity index (χ4v) is 8.09. The molecule has 2 aliphatic heterocycles. The van der Waals surface area contributed by atoms with Crippen LogP contribution in [-0.4, -0.2) is 28.7 Å². The van der Waals surface area contributed by atoms with Crippen LogP contribution >= 0.6 is 10.6 Å². The number of pyridine rings is 1. The summed E-state index contributed by atoms with van der Waals surface area (Å²) in [5, 5.41) is 21.9. The van der Waals surface area contributed by atoms with Crippen LogP contribution in [0, 0.1) is 0 Å². The molecule has 0 saturated carbocycles. The molecule has 0 bridgehead atoms. The van der Waals surface area contributed by atoms with E-state index >= 15 is 0 Å². The number of hydrogen-bond donors (Lipinski definition) is 2. The third-order valence-electron chi connectivity index (χ3n) is 4.40. The second kappa shape index (κ2) is 5.22. The molecule has 2 aromatic rings. The van der Waals surface area contributed by atoms with Gasteiger partial charge in [0, 0.05) is 18.0 Å². The Bertz CT molecular complexity index is 1080. The highest BCUT2D eigenvalue weighted by Crippen LogP contribution is 2.76. The molecule has 1 fully saturated rings. The molecular weight excluding hydrogens is 380 g/mol. The SMILES string of the molecule is O=S1(=O)OS2(O1)C(c1ccncc1)=NC1=C2C(O)c2ccccc2C1O. The van der Waals surface area contributed by atoms with Crippen molar-refractivity contribution in [3.8, 4) is 0 Å². The monoisotopic (exact) mass is 392 g/mol. The summed E-state index contributed by atoms with van der Waals surface area (Å²) in [7, 11) is -7.15. The van der Waals surface area contributed by atoms with E-state index in [0.29, 0.717) is 16.7 Å². The van der Waals surface area contributed by atoms with Crippen LogP contribution in [-0.2, 0) is 17.7 Å². The molecule has 134 valence electrons. The van der Waals surface area contributed by atoms with E-state index in [1.807, 2.05) is 0 Å². The number of aliphatic hydroxyl groups excluding tert-OH is 2. The summed E-state index contributed by atoms with van der Waals surface area (Å²) in [6.07, 6.45) is 0.732. The van der Waals surface area contributed by atoms with Crippen molar-refractivity contribution >= 4 is 26.0 Å². The van der Waals surface area contributed by atoms with Crippen LogP contribution in [0.25, 0.3) is 0 Å². The number of rotatable bonds is 1. The molecule has 2 N–H and O–H groups in total. The summed E-state index contributed by atoms with van der Waals surface area (Å²) in [6.45, 7) is 0. The van der Waals surface area contributed by atoms with Crippen LogP contribution < -0.4 is 0 Å². The molecule has 0 radical (unpaired) electrons. The first-order valence-corrected chi connectivity index (χ1v) is 10.4. The first kappa shape index (κ1) is 16.1. The van der Waals surface area contributed by atoms with Crippen LogP contribution in [0.3, 0.4) is 0 Å². The van der Waals surface area contributed by atoms with E-state index in [1.54, 1.807) is 36.4 Å². The summed E-state index contributed by atoms with van der Waals surface area (Å²) in [5.41, 5.74) is 1.68. The molecule has 1 aromatic carbocycles. The zero-order valence-electron chi connectivity index (χ0n) is 13.0. The molecule has 2 atom stereocenters. The molecule has 1 spiro atoms. The number of nitrogens with zero attached hydrogens (tertiary/aromatic N) is 2. The van der Waals surface area contributed by atoms with Gasteiger partial charge in [-0.3, -0.25) is 4.98 Å². The number of fused-ring (bicyclic) bond motifs is 2. The highest BCUT2D eigenvalue weighted by molar-refractivity contribution is 8.49. The van der Waals surface area contributed by atoms with Gasteiger partial charge >= 0.3 is 10.4 Å². The predicted molar refractivity (Wildman–Crippen MR) is 92.8 cm³/mol. The Kier molecular flexibility index (Phi) is 3.24. The molecule has 3 heterocycles. The Morgan fingerprint density at radius 3 is 2.15 bits per heavy atom. The summed E-state index contributed by atoms with van der Waals surface area (Å²) in [5.74, 6) is 0. The van der Waals surface area contributed by atoms with Gasteiger partial charge in [-0.25, -0.2) is 4.99 Å². The minimum atomic E-state index is -4.17. The predicted octanol–water partition coefficient (Wildman–Crippen LogP) is 1.76. The molecule has 5 rings (SSSR count). The summed E-state index contributed by atoms with van der Waals surface area (Å²) in [6, 6.07) is 10.1. The number of aromatic nitrogens is 1. The average Bonchev–Trinajstić information content (AvgIpc) is 2.95. The molecule has 0 amide bonds. The zero-order valence-corrected chi connectivity index (χ0v) is 14.6. The molecule has 1 saturated heterocycles. The number of aliphatic imine (C=N–C) groups is 1. The van der Waals surface area contributed by atoms with E-state index in [1.165, 1.54) is 12.4 Å². The Labute approximate surface area is 150 Å². The lowest BCUT2D eigenvalue weighted by Gasteiger charge is -2.47. The third-order valence-corrected chi connectivity index (χ3v) is 9.11. The second-order valence-corrected chi connectivity index (χ2v) is 9.62. The van der Waals surface area contributed by atoms with Gasteiger partial charge in [-0.15, -0.1) is 7.26 Å². The first-order valence-electron chi connectivity index (χ1n) is 7.61. The lowest BCUT2D eigenvalue weighted by atomic mass is 9.90. The van der Waals surface area contributed by atoms with Crippen molar-refractivity contribution in [2.24, 2.45) is 4.99 Å². The van der Waals surface area contributed by atoms with E-state index < -0.39 is 33.2 Å². The number of benzene rings is 1. The van der Waals surface area contributed by atoms with Crippen molar-refractivity contribution in [2.75, 3.05) is 0 Å². The summed E-state index contributed by atoms with van der Waals surface area (Å²) < 4.78 is 33.7. The summed E-state index contributed by atoms with van der Waals surface area (Å²) in [4.78, 5) is 8.52. The van der Waals surface area contributed by atoms with Crippen LogP contribution in [0.5, 0.6) is 0 Å². The minimum absolute atomic E-state index is 0.158. The Balaban J connectivity index is 1.73. The third kappa shape index (κ3) is 2.02. The van der Waals surface area contributed by atoms with Crippen molar-refractivity contribution < 1.29 is 25.9 Å². The molecule has 3 aliphatic rings. The number of hydrogen-bond acceptors (Lipinski definition) is 8. The molecule has 1 aliphatic carbocycles. The maximum atomic E-state index is 11.7. The van der Waals surface area contributed by atoms with Gasteiger partial charge < -0.3 is 10.2 Å². The van der Waals surface area contributed by atoms with E-state index in [9.17, 15) is 18.6 Å².